The van der Waals surface area contributed by atoms with Crippen LogP contribution >= 0.6 is 0 Å². The first kappa shape index (κ1) is 20.4. The van der Waals surface area contributed by atoms with Gasteiger partial charge in [0.15, 0.2) is 6.61 Å². The molecule has 0 aliphatic heterocycles. The minimum atomic E-state index is -0.599. The molecule has 142 valence electrons. The number of nitrogens with zero attached hydrogens (tertiary/aromatic N) is 1. The third kappa shape index (κ3) is 6.10. The zero-order chi connectivity index (χ0) is 20.0. The maximum absolute atomic E-state index is 13.9. The summed E-state index contributed by atoms with van der Waals surface area (Å²) >= 11 is 0. The standard InChI is InChI=1S/C22H24FNO3/c1-5-6-15-7-8-20(26-14-21(25)27-22(2,3)4)19(11-15)17-9-16(13-24)10-18(23)12-17/h7-12H,5-6,14H2,1-4H3. The summed E-state index contributed by atoms with van der Waals surface area (Å²) in [5, 5.41) is 9.12. The van der Waals surface area contributed by atoms with E-state index in [0.29, 0.717) is 16.9 Å². The number of carbonyl (C=O) groups is 1. The fraction of sp³-hybridized carbons (Fsp3) is 0.364. The van der Waals surface area contributed by atoms with E-state index in [-0.39, 0.29) is 12.2 Å². The first-order chi connectivity index (χ1) is 12.7. The molecule has 2 aromatic carbocycles. The van der Waals surface area contributed by atoms with Gasteiger partial charge >= 0.3 is 5.97 Å². The van der Waals surface area contributed by atoms with Crippen LogP contribution in [0.25, 0.3) is 11.1 Å². The number of nitriles is 1. The van der Waals surface area contributed by atoms with Crippen LogP contribution < -0.4 is 4.74 Å². The molecule has 0 saturated carbocycles. The van der Waals surface area contributed by atoms with Crippen molar-refractivity contribution in [2.45, 2.75) is 46.1 Å². The van der Waals surface area contributed by atoms with Crippen LogP contribution in [0.15, 0.2) is 36.4 Å². The Hall–Kier alpha value is -2.87. The van der Waals surface area contributed by atoms with Crippen LogP contribution in [0.2, 0.25) is 0 Å². The van der Waals surface area contributed by atoms with Crippen molar-refractivity contribution in [1.82, 2.24) is 0 Å². The molecule has 0 aliphatic rings. The summed E-state index contributed by atoms with van der Waals surface area (Å²) in [5.41, 5.74) is 1.87. The molecular formula is C22H24FNO3. The molecule has 0 spiro atoms. The van der Waals surface area contributed by atoms with E-state index in [9.17, 15) is 9.18 Å². The summed E-state index contributed by atoms with van der Waals surface area (Å²) in [6, 6.07) is 11.7. The van der Waals surface area contributed by atoms with Crippen molar-refractivity contribution in [3.05, 3.63) is 53.3 Å². The number of aryl methyl sites for hydroxylation is 1. The SMILES string of the molecule is CCCc1ccc(OCC(=O)OC(C)(C)C)c(-c2cc(F)cc(C#N)c2)c1. The Bertz CT molecular complexity index is 863. The lowest BCUT2D eigenvalue weighted by atomic mass is 9.98. The summed E-state index contributed by atoms with van der Waals surface area (Å²) in [5.74, 6) is -0.540. The largest absolute Gasteiger partial charge is 0.481 e. The van der Waals surface area contributed by atoms with Gasteiger partial charge in [0, 0.05) is 5.56 Å². The van der Waals surface area contributed by atoms with E-state index in [1.54, 1.807) is 32.9 Å². The van der Waals surface area contributed by atoms with Crippen molar-refractivity contribution < 1.29 is 18.7 Å². The van der Waals surface area contributed by atoms with Crippen LogP contribution in [0.5, 0.6) is 5.75 Å². The first-order valence-electron chi connectivity index (χ1n) is 8.90. The van der Waals surface area contributed by atoms with Gasteiger partial charge in [0.05, 0.1) is 11.6 Å². The van der Waals surface area contributed by atoms with Crippen molar-refractivity contribution >= 4 is 5.97 Å². The van der Waals surface area contributed by atoms with Crippen molar-refractivity contribution in [2.75, 3.05) is 6.61 Å². The highest BCUT2D eigenvalue weighted by Gasteiger charge is 2.18. The molecule has 2 aromatic rings. The summed E-state index contributed by atoms with van der Waals surface area (Å²) in [7, 11) is 0. The molecule has 0 fully saturated rings. The number of carbonyl (C=O) groups excluding carboxylic acids is 1. The van der Waals surface area contributed by atoms with E-state index in [1.165, 1.54) is 12.1 Å². The van der Waals surface area contributed by atoms with Crippen molar-refractivity contribution in [3.63, 3.8) is 0 Å². The molecule has 4 nitrogen and oxygen atoms in total. The summed E-state index contributed by atoms with van der Waals surface area (Å²) < 4.78 is 24.8. The van der Waals surface area contributed by atoms with Gasteiger partial charge in [-0.1, -0.05) is 19.4 Å². The smallest absolute Gasteiger partial charge is 0.344 e. The van der Waals surface area contributed by atoms with E-state index >= 15 is 0 Å². The predicted molar refractivity (Wildman–Crippen MR) is 102 cm³/mol. The van der Waals surface area contributed by atoms with E-state index < -0.39 is 17.4 Å². The van der Waals surface area contributed by atoms with Crippen molar-refractivity contribution in [1.29, 1.82) is 5.26 Å². The average Bonchev–Trinajstić information content (AvgIpc) is 2.58. The lowest BCUT2D eigenvalue weighted by Gasteiger charge is -2.20. The van der Waals surface area contributed by atoms with Gasteiger partial charge in [0.1, 0.15) is 17.2 Å². The number of benzene rings is 2. The topological polar surface area (TPSA) is 59.3 Å². The average molecular weight is 369 g/mol. The Morgan fingerprint density at radius 3 is 2.56 bits per heavy atom. The van der Waals surface area contributed by atoms with Gasteiger partial charge in [0.25, 0.3) is 0 Å². The van der Waals surface area contributed by atoms with Crippen LogP contribution in [0.1, 0.15) is 45.2 Å². The van der Waals surface area contributed by atoms with Crippen LogP contribution in [0, 0.1) is 17.1 Å². The van der Waals surface area contributed by atoms with E-state index in [1.807, 2.05) is 18.2 Å². The van der Waals surface area contributed by atoms with Crippen LogP contribution in [-0.4, -0.2) is 18.2 Å². The van der Waals surface area contributed by atoms with Gasteiger partial charge in [-0.05, 0) is 68.7 Å². The second-order valence-corrected chi connectivity index (χ2v) is 7.30. The zero-order valence-electron chi connectivity index (χ0n) is 16.1. The van der Waals surface area contributed by atoms with Crippen molar-refractivity contribution in [2.24, 2.45) is 0 Å². The molecule has 0 saturated heterocycles. The van der Waals surface area contributed by atoms with Crippen LogP contribution in [0.3, 0.4) is 0 Å². The highest BCUT2D eigenvalue weighted by atomic mass is 19.1. The lowest BCUT2D eigenvalue weighted by Crippen LogP contribution is -2.27. The first-order valence-corrected chi connectivity index (χ1v) is 8.90. The molecule has 0 heterocycles. The monoisotopic (exact) mass is 369 g/mol. The van der Waals surface area contributed by atoms with E-state index in [0.717, 1.165) is 18.4 Å². The Labute approximate surface area is 159 Å². The quantitative estimate of drug-likeness (QED) is 0.670. The highest BCUT2D eigenvalue weighted by Crippen LogP contribution is 2.33. The van der Waals surface area contributed by atoms with Gasteiger partial charge in [0.2, 0.25) is 0 Å². The molecule has 0 bridgehead atoms. The molecule has 0 amide bonds. The number of halogens is 1. The fourth-order valence-electron chi connectivity index (χ4n) is 2.69. The molecule has 27 heavy (non-hydrogen) atoms. The lowest BCUT2D eigenvalue weighted by molar-refractivity contribution is -0.157. The Kier molecular flexibility index (Phi) is 6.57. The minimum absolute atomic E-state index is 0.226. The minimum Gasteiger partial charge on any atom is -0.481 e. The van der Waals surface area contributed by atoms with Crippen LogP contribution in [-0.2, 0) is 16.0 Å². The summed E-state index contributed by atoms with van der Waals surface area (Å²) in [6.45, 7) is 7.17. The Balaban J connectivity index is 2.36. The molecule has 0 atom stereocenters. The van der Waals surface area contributed by atoms with Gasteiger partial charge in [-0.3, -0.25) is 0 Å². The second-order valence-electron chi connectivity index (χ2n) is 7.30. The normalized spacial score (nSPS) is 11.0. The zero-order valence-corrected chi connectivity index (χ0v) is 16.1. The molecule has 0 aromatic heterocycles. The number of hydrogen-bond donors (Lipinski definition) is 0. The van der Waals surface area contributed by atoms with E-state index in [4.69, 9.17) is 14.7 Å². The fourth-order valence-corrected chi connectivity index (χ4v) is 2.69. The van der Waals surface area contributed by atoms with Gasteiger partial charge < -0.3 is 9.47 Å². The third-order valence-electron chi connectivity index (χ3n) is 3.69. The predicted octanol–water partition coefficient (Wildman–Crippen LogP) is 5.04. The second kappa shape index (κ2) is 8.68. The Morgan fingerprint density at radius 1 is 1.19 bits per heavy atom. The number of hydrogen-bond acceptors (Lipinski definition) is 4. The molecule has 0 N–H and O–H groups in total. The van der Waals surface area contributed by atoms with E-state index in [2.05, 4.69) is 6.92 Å². The van der Waals surface area contributed by atoms with Gasteiger partial charge in [-0.2, -0.15) is 5.26 Å². The maximum atomic E-state index is 13.9. The number of rotatable bonds is 6. The number of esters is 1. The molecule has 0 unspecified atom stereocenters. The highest BCUT2D eigenvalue weighted by molar-refractivity contribution is 5.75. The van der Waals surface area contributed by atoms with Gasteiger partial charge in [-0.15, -0.1) is 0 Å². The molecule has 0 aliphatic carbocycles. The summed E-state index contributed by atoms with van der Waals surface area (Å²) in [4.78, 5) is 12.0. The van der Waals surface area contributed by atoms with Crippen molar-refractivity contribution in [3.8, 4) is 22.9 Å². The molecule has 0 radical (unpaired) electrons. The molecular weight excluding hydrogens is 345 g/mol. The molecule has 2 rings (SSSR count). The maximum Gasteiger partial charge on any atom is 0.344 e. The third-order valence-corrected chi connectivity index (χ3v) is 3.69. The Morgan fingerprint density at radius 2 is 1.93 bits per heavy atom. The van der Waals surface area contributed by atoms with Gasteiger partial charge in [-0.25, -0.2) is 9.18 Å². The number of ether oxygens (including phenoxy) is 2. The summed E-state index contributed by atoms with van der Waals surface area (Å²) in [6.07, 6.45) is 1.82. The molecule has 5 heteroatoms. The van der Waals surface area contributed by atoms with Crippen LogP contribution in [0.4, 0.5) is 4.39 Å².